The second-order valence-electron chi connectivity index (χ2n) is 4.77. The Kier molecular flexibility index (Phi) is 3.16. The predicted molar refractivity (Wildman–Crippen MR) is 77.9 cm³/mol. The van der Waals surface area contributed by atoms with Gasteiger partial charge in [-0.05, 0) is 47.2 Å². The molecular formula is C15H15N5. The Morgan fingerprint density at radius 2 is 1.90 bits per heavy atom. The van der Waals surface area contributed by atoms with Gasteiger partial charge in [0, 0.05) is 11.3 Å². The quantitative estimate of drug-likeness (QED) is 0.738. The number of benzene rings is 2. The molecule has 0 unspecified atom stereocenters. The van der Waals surface area contributed by atoms with E-state index in [0.717, 1.165) is 17.1 Å². The summed E-state index contributed by atoms with van der Waals surface area (Å²) >= 11 is 0. The zero-order chi connectivity index (χ0) is 13.9. The van der Waals surface area contributed by atoms with Crippen LogP contribution in [0.15, 0.2) is 48.5 Å². The largest absolute Gasteiger partial charge is 0.399 e. The summed E-state index contributed by atoms with van der Waals surface area (Å²) in [5.74, 6) is 0.742. The fourth-order valence-electron chi connectivity index (χ4n) is 2.13. The molecule has 0 saturated heterocycles. The summed E-state index contributed by atoms with van der Waals surface area (Å²) in [5.41, 5.74) is 9.78. The third kappa shape index (κ3) is 2.51. The molecule has 3 rings (SSSR count). The number of hydrogen-bond acceptors (Lipinski definition) is 4. The first kappa shape index (κ1) is 12.3. The van der Waals surface area contributed by atoms with Gasteiger partial charge in [0.15, 0.2) is 5.82 Å². The van der Waals surface area contributed by atoms with Gasteiger partial charge in [-0.15, -0.1) is 5.10 Å². The van der Waals surface area contributed by atoms with E-state index in [9.17, 15) is 0 Å². The van der Waals surface area contributed by atoms with Crippen molar-refractivity contribution < 1.29 is 0 Å². The van der Waals surface area contributed by atoms with Crippen molar-refractivity contribution in [3.8, 4) is 11.4 Å². The second kappa shape index (κ2) is 5.13. The van der Waals surface area contributed by atoms with E-state index in [1.807, 2.05) is 30.3 Å². The lowest BCUT2D eigenvalue weighted by molar-refractivity contribution is 0.653. The fourth-order valence-corrected chi connectivity index (χ4v) is 2.13. The summed E-state index contributed by atoms with van der Waals surface area (Å²) in [6.45, 7) is 2.72. The molecule has 2 aromatic carbocycles. The zero-order valence-corrected chi connectivity index (χ0v) is 11.2. The van der Waals surface area contributed by atoms with Crippen molar-refractivity contribution in [3.63, 3.8) is 0 Å². The fraction of sp³-hybridized carbons (Fsp3) is 0.133. The summed E-state index contributed by atoms with van der Waals surface area (Å²) < 4.78 is 1.79. The molecule has 0 spiro atoms. The number of aryl methyl sites for hydroxylation is 1. The molecule has 0 amide bonds. The Morgan fingerprint density at radius 1 is 1.10 bits per heavy atom. The van der Waals surface area contributed by atoms with Crippen LogP contribution in [0.5, 0.6) is 0 Å². The molecule has 100 valence electrons. The average Bonchev–Trinajstić information content (AvgIpc) is 2.88. The van der Waals surface area contributed by atoms with E-state index >= 15 is 0 Å². The maximum atomic E-state index is 5.70. The average molecular weight is 265 g/mol. The van der Waals surface area contributed by atoms with E-state index in [-0.39, 0.29) is 0 Å². The van der Waals surface area contributed by atoms with Gasteiger partial charge in [-0.1, -0.05) is 29.8 Å². The lowest BCUT2D eigenvalue weighted by Gasteiger charge is -2.06. The number of nitrogens with two attached hydrogens (primary N) is 1. The Morgan fingerprint density at radius 3 is 2.65 bits per heavy atom. The van der Waals surface area contributed by atoms with Crippen LogP contribution in [-0.2, 0) is 6.54 Å². The van der Waals surface area contributed by atoms with Crippen LogP contribution < -0.4 is 5.73 Å². The van der Waals surface area contributed by atoms with Gasteiger partial charge in [0.2, 0.25) is 0 Å². The molecule has 20 heavy (non-hydrogen) atoms. The highest BCUT2D eigenvalue weighted by molar-refractivity contribution is 5.58. The summed E-state index contributed by atoms with van der Waals surface area (Å²) in [5, 5.41) is 11.9. The molecule has 5 nitrogen and oxygen atoms in total. The summed E-state index contributed by atoms with van der Waals surface area (Å²) in [7, 11) is 0. The lowest BCUT2D eigenvalue weighted by atomic mass is 10.1. The molecule has 0 radical (unpaired) electrons. The summed E-state index contributed by atoms with van der Waals surface area (Å²) in [4.78, 5) is 0. The molecule has 0 atom stereocenters. The Labute approximate surface area is 117 Å². The van der Waals surface area contributed by atoms with Gasteiger partial charge in [-0.2, -0.15) is 0 Å². The number of nitrogen functional groups attached to an aromatic ring is 1. The van der Waals surface area contributed by atoms with Crippen LogP contribution in [0, 0.1) is 6.92 Å². The maximum Gasteiger partial charge on any atom is 0.182 e. The maximum absolute atomic E-state index is 5.70. The van der Waals surface area contributed by atoms with Crippen LogP contribution >= 0.6 is 0 Å². The van der Waals surface area contributed by atoms with Crippen LogP contribution in [-0.4, -0.2) is 20.2 Å². The molecule has 0 saturated carbocycles. The normalized spacial score (nSPS) is 10.7. The Hall–Kier alpha value is -2.69. The van der Waals surface area contributed by atoms with Crippen LogP contribution in [0.1, 0.15) is 11.1 Å². The van der Waals surface area contributed by atoms with Gasteiger partial charge < -0.3 is 5.73 Å². The van der Waals surface area contributed by atoms with Crippen LogP contribution in [0.25, 0.3) is 11.4 Å². The van der Waals surface area contributed by atoms with Crippen LogP contribution in [0.4, 0.5) is 5.69 Å². The van der Waals surface area contributed by atoms with Crippen molar-refractivity contribution in [2.75, 3.05) is 5.73 Å². The molecule has 1 heterocycles. The highest BCUT2D eigenvalue weighted by atomic mass is 15.5. The van der Waals surface area contributed by atoms with E-state index in [1.165, 1.54) is 11.1 Å². The number of rotatable bonds is 3. The smallest absolute Gasteiger partial charge is 0.182 e. The van der Waals surface area contributed by atoms with Gasteiger partial charge in [0.1, 0.15) is 0 Å². The summed E-state index contributed by atoms with van der Waals surface area (Å²) in [6, 6.07) is 15.9. The predicted octanol–water partition coefficient (Wildman–Crippen LogP) is 2.28. The van der Waals surface area contributed by atoms with E-state index < -0.39 is 0 Å². The van der Waals surface area contributed by atoms with Gasteiger partial charge in [0.05, 0.1) is 6.54 Å². The molecule has 0 fully saturated rings. The molecule has 0 aliphatic rings. The zero-order valence-electron chi connectivity index (χ0n) is 11.2. The van der Waals surface area contributed by atoms with Crippen molar-refractivity contribution in [2.24, 2.45) is 0 Å². The van der Waals surface area contributed by atoms with E-state index in [0.29, 0.717) is 6.54 Å². The first-order chi connectivity index (χ1) is 9.72. The van der Waals surface area contributed by atoms with Gasteiger partial charge >= 0.3 is 0 Å². The molecule has 0 aliphatic heterocycles. The SMILES string of the molecule is Cc1cccc(Cn2nnnc2-c2ccc(N)cc2)c1. The minimum Gasteiger partial charge on any atom is -0.399 e. The van der Waals surface area contributed by atoms with Gasteiger partial charge in [-0.3, -0.25) is 0 Å². The van der Waals surface area contributed by atoms with Gasteiger partial charge in [-0.25, -0.2) is 4.68 Å². The lowest BCUT2D eigenvalue weighted by Crippen LogP contribution is -2.04. The number of hydrogen-bond donors (Lipinski definition) is 1. The molecule has 0 aliphatic carbocycles. The standard InChI is InChI=1S/C15H15N5/c1-11-3-2-4-12(9-11)10-20-15(17-18-19-20)13-5-7-14(16)8-6-13/h2-9H,10,16H2,1H3. The third-order valence-corrected chi connectivity index (χ3v) is 3.12. The van der Waals surface area contributed by atoms with E-state index in [1.54, 1.807) is 4.68 Å². The topological polar surface area (TPSA) is 69.6 Å². The molecule has 3 aromatic rings. The first-order valence-corrected chi connectivity index (χ1v) is 6.40. The Bertz CT molecular complexity index is 715. The first-order valence-electron chi connectivity index (χ1n) is 6.40. The van der Waals surface area contributed by atoms with E-state index in [2.05, 4.69) is 40.6 Å². The molecule has 1 aromatic heterocycles. The minimum atomic E-state index is 0.647. The Balaban J connectivity index is 1.92. The van der Waals surface area contributed by atoms with Crippen molar-refractivity contribution >= 4 is 5.69 Å². The van der Waals surface area contributed by atoms with Crippen molar-refractivity contribution in [1.82, 2.24) is 20.2 Å². The minimum absolute atomic E-state index is 0.647. The van der Waals surface area contributed by atoms with Crippen LogP contribution in [0.2, 0.25) is 0 Å². The third-order valence-electron chi connectivity index (χ3n) is 3.12. The number of aromatic nitrogens is 4. The molecular weight excluding hydrogens is 250 g/mol. The molecule has 0 bridgehead atoms. The highest BCUT2D eigenvalue weighted by Crippen LogP contribution is 2.18. The van der Waals surface area contributed by atoms with E-state index in [4.69, 9.17) is 5.73 Å². The number of anilines is 1. The van der Waals surface area contributed by atoms with Gasteiger partial charge in [0.25, 0.3) is 0 Å². The van der Waals surface area contributed by atoms with Crippen LogP contribution in [0.3, 0.4) is 0 Å². The summed E-state index contributed by atoms with van der Waals surface area (Å²) in [6.07, 6.45) is 0. The molecule has 5 heteroatoms. The highest BCUT2D eigenvalue weighted by Gasteiger charge is 2.09. The molecule has 2 N–H and O–H groups in total. The number of tetrazole rings is 1. The number of nitrogens with zero attached hydrogens (tertiary/aromatic N) is 4. The second-order valence-corrected chi connectivity index (χ2v) is 4.77. The monoisotopic (exact) mass is 265 g/mol. The van der Waals surface area contributed by atoms with Crippen molar-refractivity contribution in [3.05, 3.63) is 59.7 Å². The van der Waals surface area contributed by atoms with Crippen molar-refractivity contribution in [1.29, 1.82) is 0 Å². The van der Waals surface area contributed by atoms with Crippen molar-refractivity contribution in [2.45, 2.75) is 13.5 Å².